The highest BCUT2D eigenvalue weighted by Gasteiger charge is 2.35. The number of Topliss-reactive ketones (excluding diaryl/α,β-unsaturated/α-hetero) is 2. The zero-order valence-corrected chi connectivity index (χ0v) is 13.3. The van der Waals surface area contributed by atoms with Gasteiger partial charge in [0.25, 0.3) is 0 Å². The van der Waals surface area contributed by atoms with Crippen LogP contribution in [0.5, 0.6) is 0 Å². The van der Waals surface area contributed by atoms with Gasteiger partial charge in [0.15, 0.2) is 11.5 Å². The van der Waals surface area contributed by atoms with Crippen molar-refractivity contribution in [3.63, 3.8) is 0 Å². The van der Waals surface area contributed by atoms with Crippen LogP contribution in [-0.4, -0.2) is 23.7 Å². The predicted molar refractivity (Wildman–Crippen MR) is 87.2 cm³/mol. The van der Waals surface area contributed by atoms with Gasteiger partial charge in [0.05, 0.1) is 18.4 Å². The molecule has 4 nitrogen and oxygen atoms in total. The molecule has 0 amide bonds. The van der Waals surface area contributed by atoms with Crippen LogP contribution < -0.4 is 0 Å². The average Bonchev–Trinajstić information content (AvgIpc) is 2.57. The van der Waals surface area contributed by atoms with E-state index in [-0.39, 0.29) is 28.9 Å². The number of rotatable bonds is 3. The number of fused-ring (bicyclic) bond motifs is 1. The van der Waals surface area contributed by atoms with Gasteiger partial charge >= 0.3 is 0 Å². The normalized spacial score (nSPS) is 14.3. The van der Waals surface area contributed by atoms with Gasteiger partial charge in [0, 0.05) is 11.1 Å². The van der Waals surface area contributed by atoms with Crippen molar-refractivity contribution >= 4 is 11.6 Å². The van der Waals surface area contributed by atoms with Crippen LogP contribution in [0.2, 0.25) is 0 Å². The summed E-state index contributed by atoms with van der Waals surface area (Å²) in [5, 5.41) is 0. The van der Waals surface area contributed by atoms with E-state index in [1.165, 1.54) is 7.11 Å². The van der Waals surface area contributed by atoms with E-state index in [0.29, 0.717) is 16.8 Å². The number of carbonyl (C=O) groups excluding carboxylic acids is 2. The van der Waals surface area contributed by atoms with Gasteiger partial charge in [0.2, 0.25) is 5.78 Å². The summed E-state index contributed by atoms with van der Waals surface area (Å²) in [5.41, 5.74) is 2.48. The molecule has 0 unspecified atom stereocenters. The number of ether oxygens (including phenoxy) is 1. The molecule has 0 fully saturated rings. The second kappa shape index (κ2) is 5.80. The number of ketones is 2. The first-order chi connectivity index (χ1) is 11.0. The molecule has 4 heteroatoms. The van der Waals surface area contributed by atoms with Crippen molar-refractivity contribution in [1.29, 1.82) is 0 Å². The first-order valence-electron chi connectivity index (χ1n) is 7.48. The van der Waals surface area contributed by atoms with Crippen molar-refractivity contribution in [3.8, 4) is 11.3 Å². The maximum Gasteiger partial charge on any atom is 0.247 e. The molecule has 0 N–H and O–H groups in total. The van der Waals surface area contributed by atoms with Gasteiger partial charge < -0.3 is 4.74 Å². The first-order valence-corrected chi connectivity index (χ1v) is 7.48. The Morgan fingerprint density at radius 2 is 1.65 bits per heavy atom. The van der Waals surface area contributed by atoms with Crippen molar-refractivity contribution in [1.82, 2.24) is 4.98 Å². The molecular formula is C19H17NO3. The van der Waals surface area contributed by atoms with Crippen molar-refractivity contribution in [3.05, 3.63) is 65.1 Å². The van der Waals surface area contributed by atoms with Gasteiger partial charge in [-0.05, 0) is 18.1 Å². The van der Waals surface area contributed by atoms with E-state index >= 15 is 0 Å². The van der Waals surface area contributed by atoms with Crippen LogP contribution in [0, 0.1) is 5.92 Å². The number of hydrogen-bond acceptors (Lipinski definition) is 4. The van der Waals surface area contributed by atoms with E-state index < -0.39 is 0 Å². The number of pyridine rings is 1. The molecule has 116 valence electrons. The highest BCUT2D eigenvalue weighted by Crippen LogP contribution is 2.31. The van der Waals surface area contributed by atoms with Crippen LogP contribution >= 0.6 is 0 Å². The highest BCUT2D eigenvalue weighted by molar-refractivity contribution is 6.25. The minimum Gasteiger partial charge on any atom is -0.492 e. The third-order valence-electron chi connectivity index (χ3n) is 3.90. The minimum absolute atomic E-state index is 0.0941. The fourth-order valence-corrected chi connectivity index (χ4v) is 2.79. The summed E-state index contributed by atoms with van der Waals surface area (Å²) in [6.07, 6.45) is 0. The Morgan fingerprint density at radius 3 is 2.26 bits per heavy atom. The molecule has 0 saturated heterocycles. The van der Waals surface area contributed by atoms with Gasteiger partial charge in [0.1, 0.15) is 5.69 Å². The molecule has 0 atom stereocenters. The summed E-state index contributed by atoms with van der Waals surface area (Å²) in [6.45, 7) is 3.74. The number of carbonyl (C=O) groups is 2. The molecule has 3 rings (SSSR count). The number of nitrogens with zero attached hydrogens (tertiary/aromatic N) is 1. The monoisotopic (exact) mass is 307 g/mol. The van der Waals surface area contributed by atoms with Crippen LogP contribution in [-0.2, 0) is 4.74 Å². The molecule has 23 heavy (non-hydrogen) atoms. The van der Waals surface area contributed by atoms with E-state index in [9.17, 15) is 9.59 Å². The molecule has 0 radical (unpaired) electrons. The zero-order chi connectivity index (χ0) is 16.6. The van der Waals surface area contributed by atoms with E-state index in [1.807, 2.05) is 44.2 Å². The van der Waals surface area contributed by atoms with Crippen molar-refractivity contribution < 1.29 is 14.3 Å². The average molecular weight is 307 g/mol. The number of benzene rings is 1. The summed E-state index contributed by atoms with van der Waals surface area (Å²) >= 11 is 0. The van der Waals surface area contributed by atoms with Crippen LogP contribution in [0.25, 0.3) is 11.3 Å². The summed E-state index contributed by atoms with van der Waals surface area (Å²) < 4.78 is 5.22. The summed E-state index contributed by atoms with van der Waals surface area (Å²) in [7, 11) is 1.41. The smallest absolute Gasteiger partial charge is 0.247 e. The molecule has 1 aromatic heterocycles. The van der Waals surface area contributed by atoms with Crippen molar-refractivity contribution in [2.75, 3.05) is 7.11 Å². The molecule has 0 saturated carbocycles. The number of allylic oxidation sites excluding steroid dienone is 2. The second-order valence-electron chi connectivity index (χ2n) is 5.72. The van der Waals surface area contributed by atoms with Crippen LogP contribution in [0.3, 0.4) is 0 Å². The molecule has 2 aromatic rings. The largest absolute Gasteiger partial charge is 0.492 e. The minimum atomic E-state index is -0.330. The Morgan fingerprint density at radius 1 is 0.957 bits per heavy atom. The second-order valence-corrected chi connectivity index (χ2v) is 5.72. The van der Waals surface area contributed by atoms with Crippen LogP contribution in [0.1, 0.15) is 34.7 Å². The fraction of sp³-hybridized carbons (Fsp3) is 0.211. The van der Waals surface area contributed by atoms with Crippen molar-refractivity contribution in [2.24, 2.45) is 5.92 Å². The van der Waals surface area contributed by atoms with E-state index in [2.05, 4.69) is 4.98 Å². The van der Waals surface area contributed by atoms with Gasteiger partial charge in [-0.25, -0.2) is 4.98 Å². The van der Waals surface area contributed by atoms with Crippen molar-refractivity contribution in [2.45, 2.75) is 13.8 Å². The highest BCUT2D eigenvalue weighted by atomic mass is 16.5. The number of hydrogen-bond donors (Lipinski definition) is 0. The van der Waals surface area contributed by atoms with E-state index in [1.54, 1.807) is 12.1 Å². The molecule has 0 spiro atoms. The Bertz CT molecular complexity index is 820. The maximum absolute atomic E-state index is 12.7. The summed E-state index contributed by atoms with van der Waals surface area (Å²) in [4.78, 5) is 29.8. The standard InChI is InChI=1S/C19H17NO3/c1-11(2)15-17(21)13-9-10-14(12-7-5-4-6-8-12)20-16(13)18(22)19(15)23-3/h4-11H,1-3H3. The third kappa shape index (κ3) is 2.46. The van der Waals surface area contributed by atoms with E-state index in [4.69, 9.17) is 4.74 Å². The van der Waals surface area contributed by atoms with Gasteiger partial charge in [-0.15, -0.1) is 0 Å². The Hall–Kier alpha value is -2.75. The zero-order valence-electron chi connectivity index (χ0n) is 13.3. The third-order valence-corrected chi connectivity index (χ3v) is 3.90. The first kappa shape index (κ1) is 15.2. The lowest BCUT2D eigenvalue weighted by atomic mass is 9.85. The Labute approximate surface area is 134 Å². The number of aromatic nitrogens is 1. The van der Waals surface area contributed by atoms with Gasteiger partial charge in [-0.3, -0.25) is 9.59 Å². The summed E-state index contributed by atoms with van der Waals surface area (Å²) in [6, 6.07) is 13.0. The lowest BCUT2D eigenvalue weighted by molar-refractivity contribution is 0.0893. The molecular weight excluding hydrogens is 290 g/mol. The maximum atomic E-state index is 12.7. The molecule has 0 bridgehead atoms. The topological polar surface area (TPSA) is 56.3 Å². The number of methoxy groups -OCH3 is 1. The quantitative estimate of drug-likeness (QED) is 0.868. The Kier molecular flexibility index (Phi) is 3.82. The molecule has 0 aliphatic heterocycles. The van der Waals surface area contributed by atoms with Crippen LogP contribution in [0.4, 0.5) is 0 Å². The Balaban J connectivity index is 2.16. The molecule has 1 aliphatic carbocycles. The van der Waals surface area contributed by atoms with Crippen LogP contribution in [0.15, 0.2) is 53.8 Å². The lowest BCUT2D eigenvalue weighted by Crippen LogP contribution is -2.26. The SMILES string of the molecule is COC1=C(C(C)C)C(=O)c2ccc(-c3ccccc3)nc2C1=O. The molecule has 1 aliphatic rings. The fourth-order valence-electron chi connectivity index (χ4n) is 2.79. The predicted octanol–water partition coefficient (Wildman–Crippen LogP) is 3.68. The molecule has 1 aromatic carbocycles. The molecule has 1 heterocycles. The lowest BCUT2D eigenvalue weighted by Gasteiger charge is -2.21. The van der Waals surface area contributed by atoms with Gasteiger partial charge in [-0.2, -0.15) is 0 Å². The van der Waals surface area contributed by atoms with Gasteiger partial charge in [-0.1, -0.05) is 44.2 Å². The van der Waals surface area contributed by atoms with E-state index in [0.717, 1.165) is 5.56 Å². The summed E-state index contributed by atoms with van der Waals surface area (Å²) in [5.74, 6) is -0.499.